The van der Waals surface area contributed by atoms with Crippen molar-refractivity contribution in [2.24, 2.45) is 0 Å². The summed E-state index contributed by atoms with van der Waals surface area (Å²) in [5, 5.41) is 2.36. The standard InChI is InChI=1S/C19H14N2O/c1-22-16-8-6-13(7-9-16)19-12-20-17-10-14-4-2-3-5-15(14)11-18(17)21-19/h2-12H,1H3. The van der Waals surface area contributed by atoms with Crippen LogP contribution in [0.5, 0.6) is 5.75 Å². The first-order chi connectivity index (χ1) is 10.8. The minimum atomic E-state index is 0.837. The summed E-state index contributed by atoms with van der Waals surface area (Å²) in [4.78, 5) is 9.30. The molecule has 0 bridgehead atoms. The van der Waals surface area contributed by atoms with Gasteiger partial charge in [0, 0.05) is 5.56 Å². The molecule has 1 heterocycles. The lowest BCUT2D eigenvalue weighted by molar-refractivity contribution is 0.415. The Hall–Kier alpha value is -2.94. The molecule has 1 aromatic heterocycles. The van der Waals surface area contributed by atoms with Gasteiger partial charge in [-0.3, -0.25) is 4.98 Å². The summed E-state index contributed by atoms with van der Waals surface area (Å²) in [6.45, 7) is 0. The minimum Gasteiger partial charge on any atom is -0.497 e. The Morgan fingerprint density at radius 1 is 0.818 bits per heavy atom. The second kappa shape index (κ2) is 5.11. The minimum absolute atomic E-state index is 0.837. The van der Waals surface area contributed by atoms with Crippen LogP contribution < -0.4 is 4.74 Å². The number of ether oxygens (including phenoxy) is 1. The maximum Gasteiger partial charge on any atom is 0.118 e. The van der Waals surface area contributed by atoms with E-state index in [0.29, 0.717) is 0 Å². The van der Waals surface area contributed by atoms with Gasteiger partial charge < -0.3 is 4.74 Å². The molecule has 0 aliphatic rings. The van der Waals surface area contributed by atoms with Crippen molar-refractivity contribution in [3.05, 3.63) is 66.9 Å². The molecule has 0 atom stereocenters. The number of rotatable bonds is 2. The molecule has 0 unspecified atom stereocenters. The van der Waals surface area contributed by atoms with E-state index in [0.717, 1.165) is 28.0 Å². The zero-order chi connectivity index (χ0) is 14.9. The molecule has 22 heavy (non-hydrogen) atoms. The van der Waals surface area contributed by atoms with Crippen LogP contribution in [0.3, 0.4) is 0 Å². The van der Waals surface area contributed by atoms with Gasteiger partial charge in [-0.1, -0.05) is 24.3 Å². The van der Waals surface area contributed by atoms with Crippen LogP contribution in [-0.4, -0.2) is 17.1 Å². The molecule has 0 aliphatic heterocycles. The van der Waals surface area contributed by atoms with Crippen molar-refractivity contribution in [3.8, 4) is 17.0 Å². The Kier molecular flexibility index (Phi) is 2.97. The highest BCUT2D eigenvalue weighted by Crippen LogP contribution is 2.24. The van der Waals surface area contributed by atoms with Gasteiger partial charge in [-0.05, 0) is 47.2 Å². The zero-order valence-electron chi connectivity index (χ0n) is 12.2. The van der Waals surface area contributed by atoms with E-state index in [2.05, 4.69) is 29.2 Å². The van der Waals surface area contributed by atoms with Gasteiger partial charge in [0.15, 0.2) is 0 Å². The summed E-state index contributed by atoms with van der Waals surface area (Å²) in [6.07, 6.45) is 1.82. The van der Waals surface area contributed by atoms with Gasteiger partial charge in [0.25, 0.3) is 0 Å². The number of hydrogen-bond acceptors (Lipinski definition) is 3. The highest BCUT2D eigenvalue weighted by molar-refractivity contribution is 5.95. The van der Waals surface area contributed by atoms with Crippen molar-refractivity contribution >= 4 is 21.8 Å². The highest BCUT2D eigenvalue weighted by atomic mass is 16.5. The first-order valence-electron chi connectivity index (χ1n) is 7.13. The van der Waals surface area contributed by atoms with Gasteiger partial charge in [0.2, 0.25) is 0 Å². The molecule has 0 N–H and O–H groups in total. The first kappa shape index (κ1) is 12.8. The van der Waals surface area contributed by atoms with Gasteiger partial charge in [0.05, 0.1) is 30.0 Å². The average Bonchev–Trinajstić information content (AvgIpc) is 2.59. The molecule has 0 aliphatic carbocycles. The molecule has 0 saturated carbocycles. The zero-order valence-corrected chi connectivity index (χ0v) is 12.2. The Morgan fingerprint density at radius 3 is 2.18 bits per heavy atom. The van der Waals surface area contributed by atoms with Crippen molar-refractivity contribution in [1.82, 2.24) is 9.97 Å². The van der Waals surface area contributed by atoms with Gasteiger partial charge >= 0.3 is 0 Å². The van der Waals surface area contributed by atoms with Crippen LogP contribution in [0.15, 0.2) is 66.9 Å². The molecule has 4 rings (SSSR count). The SMILES string of the molecule is COc1ccc(-c2cnc3cc4ccccc4cc3n2)cc1. The molecule has 0 amide bonds. The lowest BCUT2D eigenvalue weighted by Crippen LogP contribution is -1.89. The molecule has 3 heteroatoms. The number of aromatic nitrogens is 2. The fraction of sp³-hybridized carbons (Fsp3) is 0.0526. The average molecular weight is 286 g/mol. The lowest BCUT2D eigenvalue weighted by Gasteiger charge is -2.05. The third-order valence-electron chi connectivity index (χ3n) is 3.80. The van der Waals surface area contributed by atoms with Crippen molar-refractivity contribution in [1.29, 1.82) is 0 Å². The van der Waals surface area contributed by atoms with Crippen LogP contribution in [0, 0.1) is 0 Å². The monoisotopic (exact) mass is 286 g/mol. The van der Waals surface area contributed by atoms with E-state index >= 15 is 0 Å². The van der Waals surface area contributed by atoms with Gasteiger partial charge in [-0.2, -0.15) is 0 Å². The largest absolute Gasteiger partial charge is 0.497 e. The predicted octanol–water partition coefficient (Wildman–Crippen LogP) is 4.46. The Bertz CT molecular complexity index is 962. The van der Waals surface area contributed by atoms with Crippen molar-refractivity contribution < 1.29 is 4.74 Å². The summed E-state index contributed by atoms with van der Waals surface area (Å²) < 4.78 is 5.19. The fourth-order valence-electron chi connectivity index (χ4n) is 2.60. The summed E-state index contributed by atoms with van der Waals surface area (Å²) in [7, 11) is 1.66. The number of hydrogen-bond donors (Lipinski definition) is 0. The smallest absolute Gasteiger partial charge is 0.118 e. The van der Waals surface area contributed by atoms with Crippen LogP contribution in [-0.2, 0) is 0 Å². The quantitative estimate of drug-likeness (QED) is 0.510. The van der Waals surface area contributed by atoms with Gasteiger partial charge in [-0.15, -0.1) is 0 Å². The molecule has 3 aromatic carbocycles. The Balaban J connectivity index is 1.86. The number of fused-ring (bicyclic) bond motifs is 2. The molecular formula is C19H14N2O. The van der Waals surface area contributed by atoms with E-state index in [-0.39, 0.29) is 0 Å². The van der Waals surface area contributed by atoms with Gasteiger partial charge in [0.1, 0.15) is 5.75 Å². The van der Waals surface area contributed by atoms with E-state index in [1.54, 1.807) is 7.11 Å². The van der Waals surface area contributed by atoms with E-state index in [1.807, 2.05) is 42.6 Å². The first-order valence-corrected chi connectivity index (χ1v) is 7.13. The summed E-state index contributed by atoms with van der Waals surface area (Å²) in [5.41, 5.74) is 3.72. The predicted molar refractivity (Wildman–Crippen MR) is 89.0 cm³/mol. The molecule has 0 spiro atoms. The van der Waals surface area contributed by atoms with Crippen LogP contribution in [0.1, 0.15) is 0 Å². The molecule has 106 valence electrons. The molecular weight excluding hydrogens is 272 g/mol. The maximum atomic E-state index is 5.19. The molecule has 0 fully saturated rings. The van der Waals surface area contributed by atoms with Crippen LogP contribution >= 0.6 is 0 Å². The summed E-state index contributed by atoms with van der Waals surface area (Å²) in [6, 6.07) is 20.3. The maximum absolute atomic E-state index is 5.19. The van der Waals surface area contributed by atoms with E-state index in [4.69, 9.17) is 9.72 Å². The van der Waals surface area contributed by atoms with E-state index < -0.39 is 0 Å². The molecule has 0 saturated heterocycles. The van der Waals surface area contributed by atoms with Crippen molar-refractivity contribution in [2.75, 3.05) is 7.11 Å². The number of methoxy groups -OCH3 is 1. The second-order valence-corrected chi connectivity index (χ2v) is 5.17. The van der Waals surface area contributed by atoms with Crippen LogP contribution in [0.2, 0.25) is 0 Å². The third kappa shape index (κ3) is 2.17. The topological polar surface area (TPSA) is 35.0 Å². The highest BCUT2D eigenvalue weighted by Gasteiger charge is 2.04. The van der Waals surface area contributed by atoms with E-state index in [9.17, 15) is 0 Å². The van der Waals surface area contributed by atoms with Crippen molar-refractivity contribution in [2.45, 2.75) is 0 Å². The lowest BCUT2D eigenvalue weighted by atomic mass is 10.1. The Labute approximate surface area is 128 Å². The summed E-state index contributed by atoms with van der Waals surface area (Å²) >= 11 is 0. The van der Waals surface area contributed by atoms with Gasteiger partial charge in [-0.25, -0.2) is 4.98 Å². The van der Waals surface area contributed by atoms with E-state index in [1.165, 1.54) is 10.8 Å². The molecule has 3 nitrogen and oxygen atoms in total. The fourth-order valence-corrected chi connectivity index (χ4v) is 2.60. The van der Waals surface area contributed by atoms with Crippen LogP contribution in [0.4, 0.5) is 0 Å². The van der Waals surface area contributed by atoms with Crippen LogP contribution in [0.25, 0.3) is 33.1 Å². The Morgan fingerprint density at radius 2 is 1.50 bits per heavy atom. The summed E-state index contributed by atoms with van der Waals surface area (Å²) in [5.74, 6) is 0.837. The normalized spacial score (nSPS) is 11.0. The third-order valence-corrected chi connectivity index (χ3v) is 3.80. The molecule has 0 radical (unpaired) electrons. The molecule has 4 aromatic rings. The van der Waals surface area contributed by atoms with Crippen molar-refractivity contribution in [3.63, 3.8) is 0 Å². The number of benzene rings is 3. The second-order valence-electron chi connectivity index (χ2n) is 5.17. The number of nitrogens with zero attached hydrogens (tertiary/aromatic N) is 2.